The number of imidazole rings is 1. The third kappa shape index (κ3) is 5.16. The van der Waals surface area contributed by atoms with Crippen molar-refractivity contribution in [2.45, 2.75) is 59.2 Å². The molecule has 1 aromatic heterocycles. The molecule has 1 unspecified atom stereocenters. The lowest BCUT2D eigenvalue weighted by atomic mass is 9.98. The Labute approximate surface area is 178 Å². The summed E-state index contributed by atoms with van der Waals surface area (Å²) in [5.74, 6) is 0.721. The summed E-state index contributed by atoms with van der Waals surface area (Å²) in [4.78, 5) is 17.3. The Morgan fingerprint density at radius 1 is 1.13 bits per heavy atom. The van der Waals surface area contributed by atoms with Gasteiger partial charge in [0.05, 0.1) is 11.3 Å². The van der Waals surface area contributed by atoms with Gasteiger partial charge in [-0.25, -0.2) is 9.78 Å². The molecular weight excluding hydrogens is 374 g/mol. The van der Waals surface area contributed by atoms with Crippen LogP contribution in [0.2, 0.25) is 0 Å². The van der Waals surface area contributed by atoms with Crippen LogP contribution in [-0.2, 0) is 17.7 Å². The van der Waals surface area contributed by atoms with Gasteiger partial charge in [-0.2, -0.15) is 0 Å². The van der Waals surface area contributed by atoms with E-state index in [1.54, 1.807) is 0 Å². The highest BCUT2D eigenvalue weighted by molar-refractivity contribution is 5.97. The number of rotatable bonds is 6. The number of ether oxygens (including phenoxy) is 1. The highest BCUT2D eigenvalue weighted by atomic mass is 16.6. The largest absolute Gasteiger partial charge is 0.456 e. The molecule has 5 heteroatoms. The zero-order valence-corrected chi connectivity index (χ0v) is 18.5. The fourth-order valence-corrected chi connectivity index (χ4v) is 3.35. The summed E-state index contributed by atoms with van der Waals surface area (Å²) in [7, 11) is 0. The summed E-state index contributed by atoms with van der Waals surface area (Å²) in [5.41, 5.74) is 9.96. The predicted octanol–water partition coefficient (Wildman–Crippen LogP) is 5.14. The number of nitrogens with two attached hydrogens (primary N) is 1. The number of hydrogen-bond acceptors (Lipinski definition) is 4. The predicted molar refractivity (Wildman–Crippen MR) is 120 cm³/mol. The maximum Gasteiger partial charge on any atom is 0.339 e. The fourth-order valence-electron chi connectivity index (χ4n) is 3.35. The van der Waals surface area contributed by atoms with Crippen LogP contribution >= 0.6 is 0 Å². The van der Waals surface area contributed by atoms with Gasteiger partial charge >= 0.3 is 5.97 Å². The van der Waals surface area contributed by atoms with Crippen molar-refractivity contribution < 1.29 is 9.53 Å². The highest BCUT2D eigenvalue weighted by Gasteiger charge is 2.20. The second kappa shape index (κ2) is 8.84. The fraction of sp³-hybridized carbons (Fsp3) is 0.360. The second-order valence-corrected chi connectivity index (χ2v) is 8.60. The first-order valence-electron chi connectivity index (χ1n) is 10.4. The molecule has 0 saturated heterocycles. The van der Waals surface area contributed by atoms with Crippen LogP contribution in [-0.4, -0.2) is 21.1 Å². The van der Waals surface area contributed by atoms with E-state index in [-0.39, 0.29) is 12.0 Å². The first-order chi connectivity index (χ1) is 14.2. The zero-order chi connectivity index (χ0) is 21.9. The lowest BCUT2D eigenvalue weighted by Gasteiger charge is -2.20. The lowest BCUT2D eigenvalue weighted by Crippen LogP contribution is -2.24. The van der Waals surface area contributed by atoms with Gasteiger partial charge in [-0.15, -0.1) is 0 Å². The molecule has 0 fully saturated rings. The Balaban J connectivity index is 1.85. The minimum absolute atomic E-state index is 0.0803. The lowest BCUT2D eigenvalue weighted by molar-refractivity contribution is 0.00704. The molecule has 30 heavy (non-hydrogen) atoms. The summed E-state index contributed by atoms with van der Waals surface area (Å²) >= 11 is 0. The smallest absolute Gasteiger partial charge is 0.339 e. The number of aryl methyl sites for hydroxylation is 1. The zero-order valence-electron chi connectivity index (χ0n) is 18.5. The van der Waals surface area contributed by atoms with Crippen molar-refractivity contribution in [3.8, 4) is 11.1 Å². The van der Waals surface area contributed by atoms with Gasteiger partial charge in [-0.3, -0.25) is 0 Å². The molecule has 158 valence electrons. The van der Waals surface area contributed by atoms with Gasteiger partial charge in [0, 0.05) is 25.2 Å². The third-order valence-corrected chi connectivity index (χ3v) is 4.82. The van der Waals surface area contributed by atoms with Crippen molar-refractivity contribution in [1.82, 2.24) is 9.55 Å². The molecule has 0 aliphatic rings. The molecule has 0 amide bonds. The van der Waals surface area contributed by atoms with Crippen LogP contribution in [0, 0.1) is 0 Å². The number of hydrogen-bond donors (Lipinski definition) is 1. The molecule has 0 radical (unpaired) electrons. The molecule has 2 N–H and O–H groups in total. The molecule has 0 bridgehead atoms. The van der Waals surface area contributed by atoms with Crippen LogP contribution in [0.15, 0.2) is 54.7 Å². The average Bonchev–Trinajstić information content (AvgIpc) is 3.10. The van der Waals surface area contributed by atoms with Crippen molar-refractivity contribution >= 4 is 5.97 Å². The van der Waals surface area contributed by atoms with Gasteiger partial charge in [-0.1, -0.05) is 49.4 Å². The van der Waals surface area contributed by atoms with E-state index < -0.39 is 5.60 Å². The standard InChI is InChI=1S/C25H31N3O2/c1-6-23-27-22(17(2)26)16-28(23)15-18-11-13-19(14-12-18)20-9-7-8-10-21(20)24(29)30-25(3,4)5/h7-14,16-17H,6,15,26H2,1-5H3. The number of carbonyl (C=O) groups is 1. The molecular formula is C25H31N3O2. The SMILES string of the molecule is CCc1nc(C(C)N)cn1Cc1ccc(-c2ccccc2C(=O)OC(C)(C)C)cc1. The number of esters is 1. The van der Waals surface area contributed by atoms with Crippen LogP contribution in [0.3, 0.4) is 0 Å². The summed E-state index contributed by atoms with van der Waals surface area (Å²) < 4.78 is 7.73. The van der Waals surface area contributed by atoms with Crippen molar-refractivity contribution in [3.63, 3.8) is 0 Å². The molecule has 3 rings (SSSR count). The van der Waals surface area contributed by atoms with E-state index >= 15 is 0 Å². The van der Waals surface area contributed by atoms with E-state index in [0.29, 0.717) is 5.56 Å². The van der Waals surface area contributed by atoms with Gasteiger partial charge in [0.1, 0.15) is 11.4 Å². The number of carbonyl (C=O) groups excluding carboxylic acids is 1. The van der Waals surface area contributed by atoms with Crippen LogP contribution in [0.4, 0.5) is 0 Å². The number of benzene rings is 2. The second-order valence-electron chi connectivity index (χ2n) is 8.60. The van der Waals surface area contributed by atoms with Crippen LogP contribution in [0.5, 0.6) is 0 Å². The van der Waals surface area contributed by atoms with Crippen LogP contribution < -0.4 is 5.73 Å². The normalized spacial score (nSPS) is 12.6. The van der Waals surface area contributed by atoms with Crippen LogP contribution in [0.1, 0.15) is 68.1 Å². The Morgan fingerprint density at radius 3 is 2.40 bits per heavy atom. The molecule has 5 nitrogen and oxygen atoms in total. The topological polar surface area (TPSA) is 70.1 Å². The van der Waals surface area contributed by atoms with Gasteiger partial charge in [0.15, 0.2) is 0 Å². The van der Waals surface area contributed by atoms with Crippen molar-refractivity contribution in [2.24, 2.45) is 5.73 Å². The monoisotopic (exact) mass is 405 g/mol. The highest BCUT2D eigenvalue weighted by Crippen LogP contribution is 2.26. The molecule has 0 spiro atoms. The van der Waals surface area contributed by atoms with E-state index in [4.69, 9.17) is 10.5 Å². The van der Waals surface area contributed by atoms with Gasteiger partial charge < -0.3 is 15.0 Å². The minimum atomic E-state index is -0.532. The van der Waals surface area contributed by atoms with E-state index in [1.807, 2.05) is 70.3 Å². The van der Waals surface area contributed by atoms with Crippen LogP contribution in [0.25, 0.3) is 11.1 Å². The first-order valence-corrected chi connectivity index (χ1v) is 10.4. The van der Waals surface area contributed by atoms with E-state index in [0.717, 1.165) is 41.2 Å². The molecule has 0 aliphatic carbocycles. The van der Waals surface area contributed by atoms with E-state index in [9.17, 15) is 4.79 Å². The first kappa shape index (κ1) is 21.8. The van der Waals surface area contributed by atoms with Gasteiger partial charge in [-0.05, 0) is 50.5 Å². The molecule has 1 heterocycles. The van der Waals surface area contributed by atoms with Crippen molar-refractivity contribution in [2.75, 3.05) is 0 Å². The van der Waals surface area contributed by atoms with Gasteiger partial charge in [0.2, 0.25) is 0 Å². The summed E-state index contributed by atoms with van der Waals surface area (Å²) in [6, 6.07) is 15.8. The molecule has 3 aromatic rings. The average molecular weight is 406 g/mol. The Morgan fingerprint density at radius 2 is 1.80 bits per heavy atom. The van der Waals surface area contributed by atoms with Gasteiger partial charge in [0.25, 0.3) is 0 Å². The van der Waals surface area contributed by atoms with E-state index in [2.05, 4.69) is 28.6 Å². The molecule has 0 aliphatic heterocycles. The Hall–Kier alpha value is -2.92. The molecule has 2 aromatic carbocycles. The number of aromatic nitrogens is 2. The Kier molecular flexibility index (Phi) is 6.42. The molecule has 0 saturated carbocycles. The summed E-state index contributed by atoms with van der Waals surface area (Å²) in [6.45, 7) is 10.4. The van der Waals surface area contributed by atoms with Crippen molar-refractivity contribution in [3.05, 3.63) is 77.4 Å². The maximum atomic E-state index is 12.6. The van der Waals surface area contributed by atoms with E-state index in [1.165, 1.54) is 0 Å². The quantitative estimate of drug-likeness (QED) is 0.577. The molecule has 1 atom stereocenters. The Bertz CT molecular complexity index is 1010. The maximum absolute atomic E-state index is 12.6. The summed E-state index contributed by atoms with van der Waals surface area (Å²) in [6.07, 6.45) is 2.89. The number of nitrogens with zero attached hydrogens (tertiary/aromatic N) is 2. The minimum Gasteiger partial charge on any atom is -0.456 e. The van der Waals surface area contributed by atoms with Crippen molar-refractivity contribution in [1.29, 1.82) is 0 Å². The third-order valence-electron chi connectivity index (χ3n) is 4.82. The summed E-state index contributed by atoms with van der Waals surface area (Å²) in [5, 5.41) is 0.